The molecule has 16 heavy (non-hydrogen) atoms. The van der Waals surface area contributed by atoms with Crippen LogP contribution < -0.4 is 0 Å². The molecular formula is C12H10N2O2. The molecule has 1 aromatic heterocycles. The van der Waals surface area contributed by atoms with Crippen molar-refractivity contribution < 1.29 is 9.90 Å². The molecule has 0 aliphatic rings. The number of carbonyl (C=O) groups is 1. The van der Waals surface area contributed by atoms with E-state index < -0.39 is 5.97 Å². The number of rotatable bonds is 3. The van der Waals surface area contributed by atoms with Crippen LogP contribution in [0.25, 0.3) is 10.9 Å². The maximum atomic E-state index is 11.0. The zero-order valence-corrected chi connectivity index (χ0v) is 8.55. The van der Waals surface area contributed by atoms with Crippen LogP contribution >= 0.6 is 0 Å². The monoisotopic (exact) mass is 214 g/mol. The predicted octanol–water partition coefficient (Wildman–Crippen LogP) is 1.76. The molecule has 0 saturated carbocycles. The zero-order chi connectivity index (χ0) is 11.5. The van der Waals surface area contributed by atoms with Crippen molar-refractivity contribution >= 4 is 16.9 Å². The molecule has 0 aliphatic carbocycles. The van der Waals surface area contributed by atoms with Crippen molar-refractivity contribution in [2.24, 2.45) is 0 Å². The molecule has 4 nitrogen and oxygen atoms in total. The Bertz CT molecular complexity index is 578. The lowest BCUT2D eigenvalue weighted by atomic mass is 10.2. The first-order chi connectivity index (χ1) is 7.74. The van der Waals surface area contributed by atoms with Gasteiger partial charge in [0.15, 0.2) is 5.69 Å². The lowest BCUT2D eigenvalue weighted by molar-refractivity contribution is 0.0691. The van der Waals surface area contributed by atoms with Gasteiger partial charge >= 0.3 is 5.97 Å². The molecule has 80 valence electrons. The fourth-order valence-electron chi connectivity index (χ4n) is 1.63. The molecule has 0 unspecified atom stereocenters. The minimum absolute atomic E-state index is 0.0765. The number of nitrogens with zero attached hydrogens (tertiary/aromatic N) is 2. The van der Waals surface area contributed by atoms with Crippen LogP contribution in [-0.2, 0) is 6.54 Å². The fraction of sp³-hybridized carbons (Fsp3) is 0.167. The molecule has 0 radical (unpaired) electrons. The first kappa shape index (κ1) is 10.2. The Labute approximate surface area is 92.5 Å². The molecule has 0 fully saturated rings. The highest BCUT2D eigenvalue weighted by molar-refractivity contribution is 6.01. The van der Waals surface area contributed by atoms with Gasteiger partial charge in [-0.05, 0) is 6.07 Å². The third-order valence-electron chi connectivity index (χ3n) is 2.33. The summed E-state index contributed by atoms with van der Waals surface area (Å²) in [5.41, 5.74) is 0.878. The van der Waals surface area contributed by atoms with Gasteiger partial charge in [-0.15, -0.1) is 12.3 Å². The molecule has 0 spiro atoms. The largest absolute Gasteiger partial charge is 0.476 e. The third-order valence-corrected chi connectivity index (χ3v) is 2.33. The van der Waals surface area contributed by atoms with Crippen molar-refractivity contribution in [3.63, 3.8) is 0 Å². The van der Waals surface area contributed by atoms with Gasteiger partial charge in [0.25, 0.3) is 0 Å². The van der Waals surface area contributed by atoms with E-state index in [0.29, 0.717) is 18.4 Å². The number of carboxylic acid groups (broad SMARTS) is 1. The summed E-state index contributed by atoms with van der Waals surface area (Å²) in [7, 11) is 0. The molecule has 1 aromatic carbocycles. The number of hydrogen-bond acceptors (Lipinski definition) is 2. The van der Waals surface area contributed by atoms with E-state index >= 15 is 0 Å². The molecule has 0 saturated heterocycles. The Morgan fingerprint density at radius 1 is 1.50 bits per heavy atom. The number of aromatic carboxylic acids is 1. The molecule has 2 aromatic rings. The molecule has 4 heteroatoms. The Morgan fingerprint density at radius 3 is 2.94 bits per heavy atom. The second-order valence-corrected chi connectivity index (χ2v) is 3.35. The molecule has 2 rings (SSSR count). The highest BCUT2D eigenvalue weighted by Crippen LogP contribution is 2.18. The molecule has 1 heterocycles. The van der Waals surface area contributed by atoms with Crippen LogP contribution in [0.1, 0.15) is 16.9 Å². The van der Waals surface area contributed by atoms with E-state index in [1.807, 2.05) is 12.1 Å². The number of para-hydroxylation sites is 1. The summed E-state index contributed by atoms with van der Waals surface area (Å²) in [5.74, 6) is 1.49. The van der Waals surface area contributed by atoms with Gasteiger partial charge in [0.05, 0.1) is 12.1 Å². The van der Waals surface area contributed by atoms with Crippen molar-refractivity contribution in [2.75, 3.05) is 0 Å². The summed E-state index contributed by atoms with van der Waals surface area (Å²) in [5, 5.41) is 13.7. The number of benzene rings is 1. The predicted molar refractivity (Wildman–Crippen MR) is 60.1 cm³/mol. The van der Waals surface area contributed by atoms with E-state index in [1.54, 1.807) is 16.8 Å². The average molecular weight is 214 g/mol. The van der Waals surface area contributed by atoms with Gasteiger partial charge < -0.3 is 5.11 Å². The number of fused-ring (bicyclic) bond motifs is 1. The maximum absolute atomic E-state index is 11.0. The van der Waals surface area contributed by atoms with E-state index in [-0.39, 0.29) is 5.69 Å². The first-order valence-electron chi connectivity index (χ1n) is 4.86. The van der Waals surface area contributed by atoms with E-state index in [2.05, 4.69) is 11.0 Å². The second kappa shape index (κ2) is 4.07. The topological polar surface area (TPSA) is 55.1 Å². The molecule has 0 bridgehead atoms. The van der Waals surface area contributed by atoms with Gasteiger partial charge in [-0.3, -0.25) is 4.68 Å². The first-order valence-corrected chi connectivity index (χ1v) is 4.86. The minimum Gasteiger partial charge on any atom is -0.476 e. The highest BCUT2D eigenvalue weighted by Gasteiger charge is 2.14. The summed E-state index contributed by atoms with van der Waals surface area (Å²) in [6, 6.07) is 7.23. The van der Waals surface area contributed by atoms with E-state index in [0.717, 1.165) is 5.52 Å². The van der Waals surface area contributed by atoms with E-state index in [4.69, 9.17) is 11.5 Å². The smallest absolute Gasteiger partial charge is 0.357 e. The Morgan fingerprint density at radius 2 is 2.25 bits per heavy atom. The van der Waals surface area contributed by atoms with Crippen LogP contribution in [0.2, 0.25) is 0 Å². The van der Waals surface area contributed by atoms with Crippen LogP contribution in [0, 0.1) is 12.3 Å². The van der Waals surface area contributed by atoms with Crippen molar-refractivity contribution in [1.82, 2.24) is 9.78 Å². The number of carboxylic acids is 1. The number of hydrogen-bond donors (Lipinski definition) is 1. The van der Waals surface area contributed by atoms with Crippen molar-refractivity contribution in [1.29, 1.82) is 0 Å². The lowest BCUT2D eigenvalue weighted by Gasteiger charge is -1.98. The van der Waals surface area contributed by atoms with Crippen molar-refractivity contribution in [3.05, 3.63) is 30.0 Å². The number of aryl methyl sites for hydroxylation is 1. The van der Waals surface area contributed by atoms with Crippen LogP contribution in [0.3, 0.4) is 0 Å². The van der Waals surface area contributed by atoms with Crippen LogP contribution in [0.5, 0.6) is 0 Å². The van der Waals surface area contributed by atoms with Gasteiger partial charge in [-0.2, -0.15) is 5.10 Å². The van der Waals surface area contributed by atoms with Crippen molar-refractivity contribution in [2.45, 2.75) is 13.0 Å². The van der Waals surface area contributed by atoms with E-state index in [1.165, 1.54) is 0 Å². The highest BCUT2D eigenvalue weighted by atomic mass is 16.4. The Hall–Kier alpha value is -2.28. The Balaban J connectivity index is 2.58. The third kappa shape index (κ3) is 1.63. The number of aromatic nitrogens is 2. The second-order valence-electron chi connectivity index (χ2n) is 3.35. The van der Waals surface area contributed by atoms with E-state index in [9.17, 15) is 4.79 Å². The Kier molecular flexibility index (Phi) is 2.61. The number of terminal acetylenes is 1. The van der Waals surface area contributed by atoms with Crippen LogP contribution in [-0.4, -0.2) is 20.9 Å². The van der Waals surface area contributed by atoms with Crippen molar-refractivity contribution in [3.8, 4) is 12.3 Å². The summed E-state index contributed by atoms with van der Waals surface area (Å²) < 4.78 is 1.64. The quantitative estimate of drug-likeness (QED) is 0.792. The fourth-order valence-corrected chi connectivity index (χ4v) is 1.63. The zero-order valence-electron chi connectivity index (χ0n) is 8.55. The molecule has 0 atom stereocenters. The van der Waals surface area contributed by atoms with Crippen LogP contribution in [0.15, 0.2) is 24.3 Å². The SMILES string of the molecule is C#CCCn1nc(C(=O)O)c2ccccc21. The molecule has 1 N–H and O–H groups in total. The van der Waals surface area contributed by atoms with Crippen LogP contribution in [0.4, 0.5) is 0 Å². The maximum Gasteiger partial charge on any atom is 0.357 e. The van der Waals surface area contributed by atoms with Gasteiger partial charge in [0, 0.05) is 11.8 Å². The van der Waals surface area contributed by atoms with Gasteiger partial charge in [0.2, 0.25) is 0 Å². The lowest BCUT2D eigenvalue weighted by Crippen LogP contribution is -2.02. The molecule has 0 amide bonds. The van der Waals surface area contributed by atoms with Gasteiger partial charge in [-0.1, -0.05) is 18.2 Å². The normalized spacial score (nSPS) is 10.2. The summed E-state index contributed by atoms with van der Waals surface area (Å²) >= 11 is 0. The summed E-state index contributed by atoms with van der Waals surface area (Å²) in [6.45, 7) is 0.532. The summed E-state index contributed by atoms with van der Waals surface area (Å²) in [4.78, 5) is 11.0. The summed E-state index contributed by atoms with van der Waals surface area (Å²) in [6.07, 6.45) is 5.71. The standard InChI is InChI=1S/C12H10N2O2/c1-2-3-8-14-10-7-5-4-6-9(10)11(13-14)12(15)16/h1,4-7H,3,8H2,(H,15,16). The van der Waals surface area contributed by atoms with Gasteiger partial charge in [-0.25, -0.2) is 4.79 Å². The molecule has 0 aliphatic heterocycles. The van der Waals surface area contributed by atoms with Gasteiger partial charge in [0.1, 0.15) is 0 Å². The molecular weight excluding hydrogens is 204 g/mol. The minimum atomic E-state index is -1.02. The average Bonchev–Trinajstić information content (AvgIpc) is 2.65.